The van der Waals surface area contributed by atoms with E-state index in [1.807, 2.05) is 0 Å². The zero-order chi connectivity index (χ0) is 28.1. The van der Waals surface area contributed by atoms with Gasteiger partial charge in [0.05, 0.1) is 29.0 Å². The van der Waals surface area contributed by atoms with Crippen LogP contribution in [0.2, 0.25) is 0 Å². The van der Waals surface area contributed by atoms with Crippen LogP contribution in [-0.2, 0) is 27.1 Å². The molecule has 8 nitrogen and oxygen atoms in total. The number of amides is 3. The van der Waals surface area contributed by atoms with Crippen molar-refractivity contribution in [2.24, 2.45) is 5.92 Å². The number of hydrogen-bond donors (Lipinski definition) is 2. The van der Waals surface area contributed by atoms with Crippen LogP contribution in [0.4, 0.5) is 23.2 Å². The summed E-state index contributed by atoms with van der Waals surface area (Å²) in [6.07, 6.45) is -4.26. The molecular formula is C27H24F4N4O4. The maximum absolute atomic E-state index is 14.9. The van der Waals surface area contributed by atoms with Crippen molar-refractivity contribution in [1.82, 2.24) is 10.2 Å². The summed E-state index contributed by atoms with van der Waals surface area (Å²) < 4.78 is 53.9. The lowest BCUT2D eigenvalue weighted by Gasteiger charge is -2.56. The van der Waals surface area contributed by atoms with Gasteiger partial charge >= 0.3 is 6.18 Å². The van der Waals surface area contributed by atoms with Crippen LogP contribution in [0.5, 0.6) is 0 Å². The highest BCUT2D eigenvalue weighted by atomic mass is 19.4. The minimum Gasteiger partial charge on any atom is -0.393 e. The van der Waals surface area contributed by atoms with Gasteiger partial charge in [0.1, 0.15) is 17.9 Å². The van der Waals surface area contributed by atoms with Crippen LogP contribution in [0.15, 0.2) is 42.5 Å². The smallest absolute Gasteiger partial charge is 0.393 e. The summed E-state index contributed by atoms with van der Waals surface area (Å²) in [5.41, 5.74) is -2.15. The second-order valence-corrected chi connectivity index (χ2v) is 10.3. The number of carbonyl (C=O) groups is 3. The van der Waals surface area contributed by atoms with Crippen molar-refractivity contribution in [2.45, 2.75) is 56.1 Å². The van der Waals surface area contributed by atoms with Crippen molar-refractivity contribution in [2.75, 3.05) is 11.4 Å². The first kappa shape index (κ1) is 26.6. The number of alkyl halides is 3. The Morgan fingerprint density at radius 3 is 2.36 bits per heavy atom. The van der Waals surface area contributed by atoms with Crippen LogP contribution in [0, 0.1) is 23.1 Å². The molecule has 1 heterocycles. The molecule has 1 spiro atoms. The van der Waals surface area contributed by atoms with Gasteiger partial charge in [0, 0.05) is 18.5 Å². The van der Waals surface area contributed by atoms with Crippen molar-refractivity contribution >= 4 is 23.4 Å². The highest BCUT2D eigenvalue weighted by molar-refractivity contribution is 6.10. The predicted molar refractivity (Wildman–Crippen MR) is 128 cm³/mol. The molecule has 0 radical (unpaired) electrons. The van der Waals surface area contributed by atoms with Crippen molar-refractivity contribution in [3.8, 4) is 6.07 Å². The minimum absolute atomic E-state index is 0.0344. The molecule has 0 atom stereocenters. The van der Waals surface area contributed by atoms with Crippen molar-refractivity contribution in [3.63, 3.8) is 0 Å². The lowest BCUT2D eigenvalue weighted by Crippen LogP contribution is -2.74. The Morgan fingerprint density at radius 1 is 1.13 bits per heavy atom. The number of nitrogens with one attached hydrogen (secondary N) is 1. The molecule has 3 aliphatic rings. The minimum atomic E-state index is -4.53. The molecule has 2 N–H and O–H groups in total. The van der Waals surface area contributed by atoms with Gasteiger partial charge in [0.25, 0.3) is 5.91 Å². The third kappa shape index (κ3) is 4.83. The van der Waals surface area contributed by atoms with E-state index in [1.54, 1.807) is 6.07 Å². The van der Waals surface area contributed by atoms with Crippen LogP contribution in [0.1, 0.15) is 42.4 Å². The molecule has 3 amide bonds. The Hall–Kier alpha value is -3.98. The largest absolute Gasteiger partial charge is 0.416 e. The topological polar surface area (TPSA) is 114 Å². The summed E-state index contributed by atoms with van der Waals surface area (Å²) in [6, 6.07) is 9.37. The monoisotopic (exact) mass is 544 g/mol. The number of anilines is 1. The molecule has 2 aliphatic carbocycles. The van der Waals surface area contributed by atoms with Gasteiger partial charge in [-0.1, -0.05) is 12.1 Å². The summed E-state index contributed by atoms with van der Waals surface area (Å²) in [4.78, 5) is 42.3. The molecule has 2 aromatic rings. The number of piperazine rings is 1. The molecule has 0 unspecified atom stereocenters. The number of hydrogen-bond acceptors (Lipinski definition) is 5. The zero-order valence-electron chi connectivity index (χ0n) is 20.5. The molecule has 39 heavy (non-hydrogen) atoms. The average molecular weight is 545 g/mol. The Labute approximate surface area is 220 Å². The van der Waals surface area contributed by atoms with E-state index in [4.69, 9.17) is 5.26 Å². The van der Waals surface area contributed by atoms with Crippen molar-refractivity contribution in [1.29, 1.82) is 5.26 Å². The lowest BCUT2D eigenvalue weighted by atomic mass is 9.64. The molecular weight excluding hydrogens is 520 g/mol. The van der Waals surface area contributed by atoms with E-state index in [2.05, 4.69) is 5.32 Å². The number of aliphatic hydroxyl groups excluding tert-OH is 1. The lowest BCUT2D eigenvalue weighted by molar-refractivity contribution is -0.165. The number of nitriles is 1. The standard InChI is InChI=1S/C27H24F4N4O4/c28-21-7-16(12-32)3-6-22(21)34-14-23(37)35(13-15-1-4-18(5-2-15)27(29,30)31)26(25(34)39)10-17(11-26)24(38)33-19-8-20(36)9-19/h1-7,17,19-20,36H,8-11,13-14H2,(H,33,38)/t17-,19-,20+,26+. The van der Waals surface area contributed by atoms with Crippen LogP contribution >= 0.6 is 0 Å². The number of halogens is 4. The predicted octanol–water partition coefficient (Wildman–Crippen LogP) is 2.88. The van der Waals surface area contributed by atoms with E-state index in [1.165, 1.54) is 29.2 Å². The zero-order valence-corrected chi connectivity index (χ0v) is 20.5. The Kier molecular flexibility index (Phi) is 6.58. The molecule has 3 fully saturated rings. The van der Waals surface area contributed by atoms with E-state index >= 15 is 0 Å². The quantitative estimate of drug-likeness (QED) is 0.562. The second kappa shape index (κ2) is 9.64. The van der Waals surface area contributed by atoms with Gasteiger partial charge in [0.15, 0.2) is 0 Å². The number of nitrogens with zero attached hydrogens (tertiary/aromatic N) is 3. The van der Waals surface area contributed by atoms with Crippen LogP contribution < -0.4 is 10.2 Å². The molecule has 2 aromatic carbocycles. The van der Waals surface area contributed by atoms with Gasteiger partial charge in [-0.05, 0) is 61.6 Å². The van der Waals surface area contributed by atoms with Crippen molar-refractivity contribution < 1.29 is 37.1 Å². The third-order valence-electron chi connectivity index (χ3n) is 7.74. The number of carbonyl (C=O) groups excluding carboxylic acids is 3. The van der Waals surface area contributed by atoms with Crippen LogP contribution in [0.3, 0.4) is 0 Å². The summed E-state index contributed by atoms with van der Waals surface area (Å²) in [7, 11) is 0. The number of rotatable bonds is 5. The van der Waals surface area contributed by atoms with Crippen molar-refractivity contribution in [3.05, 3.63) is 65.0 Å². The molecule has 1 aliphatic heterocycles. The normalized spacial score (nSPS) is 26.6. The first-order valence-electron chi connectivity index (χ1n) is 12.4. The Bertz CT molecular complexity index is 1360. The van der Waals surface area contributed by atoms with Gasteiger partial charge in [-0.3, -0.25) is 19.3 Å². The Balaban J connectivity index is 1.42. The van der Waals surface area contributed by atoms with E-state index in [-0.39, 0.29) is 42.6 Å². The van der Waals surface area contributed by atoms with E-state index in [0.29, 0.717) is 18.4 Å². The maximum atomic E-state index is 14.9. The highest BCUT2D eigenvalue weighted by Crippen LogP contribution is 2.48. The summed E-state index contributed by atoms with van der Waals surface area (Å²) in [5.74, 6) is -2.98. The fraction of sp³-hybridized carbons (Fsp3) is 0.407. The number of benzene rings is 2. The highest BCUT2D eigenvalue weighted by Gasteiger charge is 2.62. The fourth-order valence-electron chi connectivity index (χ4n) is 5.47. The van der Waals surface area contributed by atoms with Gasteiger partial charge < -0.3 is 15.3 Å². The Morgan fingerprint density at radius 2 is 1.79 bits per heavy atom. The molecule has 12 heteroatoms. The van der Waals surface area contributed by atoms with Gasteiger partial charge in [-0.2, -0.15) is 18.4 Å². The first-order valence-corrected chi connectivity index (χ1v) is 12.4. The maximum Gasteiger partial charge on any atom is 0.416 e. The molecule has 0 bridgehead atoms. The van der Waals surface area contributed by atoms with Crippen LogP contribution in [0.25, 0.3) is 0 Å². The molecule has 0 aromatic heterocycles. The summed E-state index contributed by atoms with van der Waals surface area (Å²) in [6.45, 7) is -0.684. The molecule has 5 rings (SSSR count). The average Bonchev–Trinajstić information content (AvgIpc) is 2.84. The SMILES string of the molecule is N#Cc1ccc(N2CC(=O)N(Cc3ccc(C(F)(F)F)cc3)[C@]3(C[C@@H](C(=O)N[C@H]4C[C@@H](O)C4)C3)C2=O)c(F)c1. The van der Waals surface area contributed by atoms with Gasteiger partial charge in [-0.25, -0.2) is 4.39 Å². The summed E-state index contributed by atoms with van der Waals surface area (Å²) >= 11 is 0. The second-order valence-electron chi connectivity index (χ2n) is 10.3. The summed E-state index contributed by atoms with van der Waals surface area (Å²) in [5, 5.41) is 21.3. The third-order valence-corrected chi connectivity index (χ3v) is 7.74. The fourth-order valence-corrected chi connectivity index (χ4v) is 5.47. The number of aliphatic hydroxyl groups is 1. The van der Waals surface area contributed by atoms with E-state index < -0.39 is 53.5 Å². The van der Waals surface area contributed by atoms with Gasteiger partial charge in [-0.15, -0.1) is 0 Å². The molecule has 204 valence electrons. The van der Waals surface area contributed by atoms with Crippen LogP contribution in [-0.4, -0.2) is 52.0 Å². The first-order chi connectivity index (χ1) is 18.4. The molecule has 1 saturated heterocycles. The molecule has 2 saturated carbocycles. The van der Waals surface area contributed by atoms with Gasteiger partial charge in [0.2, 0.25) is 11.8 Å². The van der Waals surface area contributed by atoms with E-state index in [0.717, 1.165) is 23.1 Å². The van der Waals surface area contributed by atoms with E-state index in [9.17, 15) is 37.1 Å².